The molecule has 2 rings (SSSR count). The molecule has 4 heteroatoms. The van der Waals surface area contributed by atoms with Crippen LogP contribution in [-0.2, 0) is 11.3 Å². The molecule has 0 radical (unpaired) electrons. The predicted molar refractivity (Wildman–Crippen MR) is 77.8 cm³/mol. The van der Waals surface area contributed by atoms with Crippen molar-refractivity contribution in [1.29, 1.82) is 5.26 Å². The van der Waals surface area contributed by atoms with E-state index in [1.807, 2.05) is 25.1 Å². The normalized spacial score (nSPS) is 13.8. The van der Waals surface area contributed by atoms with E-state index in [0.29, 0.717) is 25.2 Å². The zero-order chi connectivity index (χ0) is 14.4. The van der Waals surface area contributed by atoms with Gasteiger partial charge in [0.2, 0.25) is 5.91 Å². The van der Waals surface area contributed by atoms with Crippen molar-refractivity contribution in [1.82, 2.24) is 10.2 Å². The van der Waals surface area contributed by atoms with Gasteiger partial charge in [-0.15, -0.1) is 0 Å². The molecule has 1 amide bonds. The first-order valence-electron chi connectivity index (χ1n) is 7.21. The first kappa shape index (κ1) is 14.5. The lowest BCUT2D eigenvalue weighted by atomic mass is 10.1. The third kappa shape index (κ3) is 4.07. The van der Waals surface area contributed by atoms with Gasteiger partial charge in [-0.05, 0) is 43.9 Å². The number of amides is 1. The molecule has 0 spiro atoms. The zero-order valence-corrected chi connectivity index (χ0v) is 11.9. The molecule has 0 atom stereocenters. The van der Waals surface area contributed by atoms with Crippen molar-refractivity contribution in [3.8, 4) is 6.07 Å². The van der Waals surface area contributed by atoms with Crippen LogP contribution < -0.4 is 5.32 Å². The maximum absolute atomic E-state index is 12.2. The van der Waals surface area contributed by atoms with Crippen LogP contribution in [0.5, 0.6) is 0 Å². The monoisotopic (exact) mass is 271 g/mol. The maximum atomic E-state index is 12.2. The molecule has 1 N–H and O–H groups in total. The molecule has 1 aromatic rings. The van der Waals surface area contributed by atoms with Crippen LogP contribution in [0.15, 0.2) is 24.3 Å². The summed E-state index contributed by atoms with van der Waals surface area (Å²) >= 11 is 0. The Bertz CT molecular complexity index is 503. The first-order valence-corrected chi connectivity index (χ1v) is 7.21. The lowest BCUT2D eigenvalue weighted by molar-refractivity contribution is -0.130. The lowest BCUT2D eigenvalue weighted by Gasteiger charge is -2.21. The number of carbonyl (C=O) groups is 1. The van der Waals surface area contributed by atoms with E-state index in [1.54, 1.807) is 11.0 Å². The number of hydrogen-bond donors (Lipinski definition) is 1. The number of hydrogen-bond acceptors (Lipinski definition) is 3. The number of nitriles is 1. The fourth-order valence-corrected chi connectivity index (χ4v) is 2.17. The Labute approximate surface area is 120 Å². The van der Waals surface area contributed by atoms with Gasteiger partial charge in [-0.25, -0.2) is 0 Å². The van der Waals surface area contributed by atoms with Crippen molar-refractivity contribution in [3.63, 3.8) is 0 Å². The summed E-state index contributed by atoms with van der Waals surface area (Å²) in [5, 5.41) is 12.3. The Balaban J connectivity index is 1.89. The van der Waals surface area contributed by atoms with E-state index in [4.69, 9.17) is 5.26 Å². The summed E-state index contributed by atoms with van der Waals surface area (Å²) in [5.41, 5.74) is 1.55. The average Bonchev–Trinajstić information content (AvgIpc) is 3.29. The maximum Gasteiger partial charge on any atom is 0.236 e. The van der Waals surface area contributed by atoms with Crippen molar-refractivity contribution < 1.29 is 4.79 Å². The van der Waals surface area contributed by atoms with E-state index in [1.165, 1.54) is 12.8 Å². The number of nitrogens with zero attached hydrogens (tertiary/aromatic N) is 2. The molecule has 0 aromatic heterocycles. The number of nitrogens with one attached hydrogen (secondary N) is 1. The fourth-order valence-electron chi connectivity index (χ4n) is 2.17. The van der Waals surface area contributed by atoms with Gasteiger partial charge in [-0.2, -0.15) is 5.26 Å². The van der Waals surface area contributed by atoms with Crippen molar-refractivity contribution in [2.75, 3.05) is 19.6 Å². The van der Waals surface area contributed by atoms with E-state index < -0.39 is 0 Å². The molecule has 1 aromatic carbocycles. The second-order valence-electron chi connectivity index (χ2n) is 5.25. The fraction of sp³-hybridized carbons (Fsp3) is 0.500. The van der Waals surface area contributed by atoms with E-state index in [-0.39, 0.29) is 5.91 Å². The SMILES string of the molecule is CCN(Cc1ccccc1C#N)C(=O)CNCC1CC1. The average molecular weight is 271 g/mol. The smallest absolute Gasteiger partial charge is 0.236 e. The number of benzene rings is 1. The number of rotatable bonds is 7. The second kappa shape index (κ2) is 7.06. The minimum atomic E-state index is 0.0980. The Hall–Kier alpha value is -1.86. The molecule has 0 unspecified atom stereocenters. The van der Waals surface area contributed by atoms with E-state index in [2.05, 4.69) is 11.4 Å². The summed E-state index contributed by atoms with van der Waals surface area (Å²) in [6.07, 6.45) is 2.57. The van der Waals surface area contributed by atoms with Gasteiger partial charge in [-0.1, -0.05) is 18.2 Å². The Morgan fingerprint density at radius 3 is 2.85 bits per heavy atom. The minimum absolute atomic E-state index is 0.0980. The van der Waals surface area contributed by atoms with Crippen LogP contribution >= 0.6 is 0 Å². The molecule has 106 valence electrons. The van der Waals surface area contributed by atoms with E-state index in [0.717, 1.165) is 18.0 Å². The molecule has 4 nitrogen and oxygen atoms in total. The van der Waals surface area contributed by atoms with Crippen LogP contribution in [0.1, 0.15) is 30.9 Å². The van der Waals surface area contributed by atoms with Gasteiger partial charge in [0.25, 0.3) is 0 Å². The first-order chi connectivity index (χ1) is 9.74. The van der Waals surface area contributed by atoms with E-state index >= 15 is 0 Å². The molecule has 1 aliphatic rings. The van der Waals surface area contributed by atoms with Gasteiger partial charge >= 0.3 is 0 Å². The minimum Gasteiger partial charge on any atom is -0.337 e. The molecular weight excluding hydrogens is 250 g/mol. The summed E-state index contributed by atoms with van der Waals surface area (Å²) in [4.78, 5) is 13.9. The van der Waals surface area contributed by atoms with Crippen LogP contribution in [0, 0.1) is 17.2 Å². The summed E-state index contributed by atoms with van der Waals surface area (Å²) in [7, 11) is 0. The highest BCUT2D eigenvalue weighted by Crippen LogP contribution is 2.27. The van der Waals surface area contributed by atoms with Gasteiger partial charge in [0.05, 0.1) is 18.2 Å². The van der Waals surface area contributed by atoms with Crippen LogP contribution in [-0.4, -0.2) is 30.4 Å². The molecule has 0 bridgehead atoms. The van der Waals surface area contributed by atoms with Gasteiger partial charge < -0.3 is 10.2 Å². The topological polar surface area (TPSA) is 56.1 Å². The number of carbonyl (C=O) groups excluding carboxylic acids is 1. The summed E-state index contributed by atoms with van der Waals surface area (Å²) in [5.74, 6) is 0.873. The van der Waals surface area contributed by atoms with Gasteiger partial charge in [0.1, 0.15) is 0 Å². The van der Waals surface area contributed by atoms with Crippen molar-refractivity contribution in [3.05, 3.63) is 35.4 Å². The highest BCUT2D eigenvalue weighted by molar-refractivity contribution is 5.78. The third-order valence-electron chi connectivity index (χ3n) is 3.64. The van der Waals surface area contributed by atoms with Gasteiger partial charge in [-0.3, -0.25) is 4.79 Å². The van der Waals surface area contributed by atoms with Gasteiger partial charge in [0, 0.05) is 13.1 Å². The molecule has 0 saturated heterocycles. The van der Waals surface area contributed by atoms with E-state index in [9.17, 15) is 4.79 Å². The third-order valence-corrected chi connectivity index (χ3v) is 3.64. The van der Waals surface area contributed by atoms with Crippen LogP contribution in [0.25, 0.3) is 0 Å². The second-order valence-corrected chi connectivity index (χ2v) is 5.25. The Morgan fingerprint density at radius 2 is 2.20 bits per heavy atom. The van der Waals surface area contributed by atoms with Crippen molar-refractivity contribution in [2.24, 2.45) is 5.92 Å². The molecule has 1 fully saturated rings. The largest absolute Gasteiger partial charge is 0.337 e. The quantitative estimate of drug-likeness (QED) is 0.824. The molecule has 1 saturated carbocycles. The number of likely N-dealkylation sites (N-methyl/N-ethyl adjacent to an activating group) is 1. The molecule has 1 aliphatic carbocycles. The highest BCUT2D eigenvalue weighted by Gasteiger charge is 2.21. The zero-order valence-electron chi connectivity index (χ0n) is 11.9. The van der Waals surface area contributed by atoms with Gasteiger partial charge in [0.15, 0.2) is 0 Å². The van der Waals surface area contributed by atoms with Crippen LogP contribution in [0.4, 0.5) is 0 Å². The molecule has 0 aliphatic heterocycles. The molecule has 0 heterocycles. The Morgan fingerprint density at radius 1 is 1.45 bits per heavy atom. The summed E-state index contributed by atoms with van der Waals surface area (Å²) in [6, 6.07) is 9.62. The lowest BCUT2D eigenvalue weighted by Crippen LogP contribution is -2.38. The van der Waals surface area contributed by atoms with Crippen molar-refractivity contribution in [2.45, 2.75) is 26.3 Å². The standard InChI is InChI=1S/C16H21N3O/c1-2-19(16(20)11-18-10-13-7-8-13)12-15-6-4-3-5-14(15)9-17/h3-6,13,18H,2,7-8,10-12H2,1H3. The highest BCUT2D eigenvalue weighted by atomic mass is 16.2. The molecular formula is C16H21N3O. The predicted octanol–water partition coefficient (Wildman–Crippen LogP) is 1.91. The van der Waals surface area contributed by atoms with Crippen LogP contribution in [0.3, 0.4) is 0 Å². The van der Waals surface area contributed by atoms with Crippen LogP contribution in [0.2, 0.25) is 0 Å². The summed E-state index contributed by atoms with van der Waals surface area (Å²) < 4.78 is 0. The summed E-state index contributed by atoms with van der Waals surface area (Å²) in [6.45, 7) is 4.46. The Kier molecular flexibility index (Phi) is 5.14. The van der Waals surface area contributed by atoms with Crippen molar-refractivity contribution >= 4 is 5.91 Å². The molecule has 20 heavy (non-hydrogen) atoms.